The minimum atomic E-state index is -0.364. The molecular weight excluding hydrogens is 192 g/mol. The number of fused-ring (bicyclic) bond motifs is 2. The molecule has 10 heavy (non-hydrogen) atoms. The second-order valence-corrected chi connectivity index (χ2v) is 5.01. The Morgan fingerprint density at radius 1 is 1.50 bits per heavy atom. The Labute approximate surface area is 69.9 Å². The largest absolute Gasteiger partial charge is 0.390 e. The Bertz CT molecular complexity index is 155. The summed E-state index contributed by atoms with van der Waals surface area (Å²) >= 11 is 3.65. The van der Waals surface area contributed by atoms with Crippen LogP contribution in [0, 0.1) is 11.8 Å². The summed E-state index contributed by atoms with van der Waals surface area (Å²) in [5.41, 5.74) is -0.364. The highest BCUT2D eigenvalue weighted by Crippen LogP contribution is 2.53. The van der Waals surface area contributed by atoms with Crippen LogP contribution in [0.2, 0.25) is 0 Å². The number of halogens is 1. The zero-order valence-corrected chi connectivity index (χ0v) is 7.76. The van der Waals surface area contributed by atoms with Gasteiger partial charge in [0.25, 0.3) is 0 Å². The SMILES string of the molecule is C[C@@]1(O)C[C@H]2CC[C@@H]1[C@@H]2Br. The summed E-state index contributed by atoms with van der Waals surface area (Å²) in [5.74, 6) is 1.28. The van der Waals surface area contributed by atoms with Crippen molar-refractivity contribution in [3.05, 3.63) is 0 Å². The molecule has 2 bridgehead atoms. The van der Waals surface area contributed by atoms with E-state index in [0.717, 1.165) is 12.3 Å². The molecule has 0 aromatic rings. The molecule has 2 aliphatic carbocycles. The van der Waals surface area contributed by atoms with Crippen molar-refractivity contribution >= 4 is 15.9 Å². The maximum absolute atomic E-state index is 9.83. The van der Waals surface area contributed by atoms with Crippen LogP contribution in [0.15, 0.2) is 0 Å². The third-order valence-corrected chi connectivity index (χ3v) is 4.54. The molecule has 0 aromatic carbocycles. The van der Waals surface area contributed by atoms with Crippen molar-refractivity contribution in [1.29, 1.82) is 0 Å². The van der Waals surface area contributed by atoms with Gasteiger partial charge in [0, 0.05) is 10.7 Å². The van der Waals surface area contributed by atoms with Crippen molar-refractivity contribution in [3.63, 3.8) is 0 Å². The van der Waals surface area contributed by atoms with Gasteiger partial charge in [0.15, 0.2) is 0 Å². The van der Waals surface area contributed by atoms with Crippen molar-refractivity contribution in [3.8, 4) is 0 Å². The molecule has 58 valence electrons. The quantitative estimate of drug-likeness (QED) is 0.599. The van der Waals surface area contributed by atoms with Crippen LogP contribution in [0.25, 0.3) is 0 Å². The van der Waals surface area contributed by atoms with Gasteiger partial charge in [-0.25, -0.2) is 0 Å². The molecule has 0 spiro atoms. The van der Waals surface area contributed by atoms with Crippen LogP contribution in [0.4, 0.5) is 0 Å². The average Bonchev–Trinajstić information content (AvgIpc) is 2.21. The highest BCUT2D eigenvalue weighted by Gasteiger charge is 2.52. The maximum Gasteiger partial charge on any atom is 0.0661 e. The Hall–Kier alpha value is 0.440. The van der Waals surface area contributed by atoms with Crippen LogP contribution in [-0.2, 0) is 0 Å². The smallest absolute Gasteiger partial charge is 0.0661 e. The Morgan fingerprint density at radius 2 is 2.20 bits per heavy atom. The van der Waals surface area contributed by atoms with Crippen LogP contribution in [-0.4, -0.2) is 15.5 Å². The minimum absolute atomic E-state index is 0.364. The molecule has 4 atom stereocenters. The van der Waals surface area contributed by atoms with Gasteiger partial charge >= 0.3 is 0 Å². The van der Waals surface area contributed by atoms with Gasteiger partial charge in [0.05, 0.1) is 5.60 Å². The summed E-state index contributed by atoms with van der Waals surface area (Å²) in [7, 11) is 0. The van der Waals surface area contributed by atoms with Crippen molar-refractivity contribution in [1.82, 2.24) is 0 Å². The van der Waals surface area contributed by atoms with Gasteiger partial charge < -0.3 is 5.11 Å². The van der Waals surface area contributed by atoms with E-state index in [0.29, 0.717) is 10.7 Å². The summed E-state index contributed by atoms with van der Waals surface area (Å²) in [4.78, 5) is 0.600. The Kier molecular flexibility index (Phi) is 1.41. The summed E-state index contributed by atoms with van der Waals surface area (Å²) in [6, 6.07) is 0. The monoisotopic (exact) mass is 204 g/mol. The van der Waals surface area contributed by atoms with E-state index in [2.05, 4.69) is 15.9 Å². The minimum Gasteiger partial charge on any atom is -0.390 e. The summed E-state index contributed by atoms with van der Waals surface area (Å²) in [5, 5.41) is 9.83. The van der Waals surface area contributed by atoms with Crippen LogP contribution < -0.4 is 0 Å². The lowest BCUT2D eigenvalue weighted by molar-refractivity contribution is 0.00602. The molecule has 0 unspecified atom stereocenters. The summed E-state index contributed by atoms with van der Waals surface area (Å²) in [6.07, 6.45) is 3.54. The maximum atomic E-state index is 9.83. The van der Waals surface area contributed by atoms with Crippen LogP contribution in [0.5, 0.6) is 0 Å². The fraction of sp³-hybridized carbons (Fsp3) is 1.00. The first-order chi connectivity index (χ1) is 4.61. The Morgan fingerprint density at radius 3 is 2.40 bits per heavy atom. The molecule has 2 rings (SSSR count). The van der Waals surface area contributed by atoms with E-state index >= 15 is 0 Å². The van der Waals surface area contributed by atoms with Gasteiger partial charge in [0.2, 0.25) is 0 Å². The van der Waals surface area contributed by atoms with E-state index < -0.39 is 0 Å². The van der Waals surface area contributed by atoms with Crippen LogP contribution in [0.3, 0.4) is 0 Å². The molecule has 0 saturated heterocycles. The van der Waals surface area contributed by atoms with E-state index in [1.54, 1.807) is 0 Å². The predicted molar refractivity (Wildman–Crippen MR) is 44.2 cm³/mol. The van der Waals surface area contributed by atoms with E-state index in [1.165, 1.54) is 12.8 Å². The van der Waals surface area contributed by atoms with Crippen molar-refractivity contribution in [2.24, 2.45) is 11.8 Å². The summed E-state index contributed by atoms with van der Waals surface area (Å²) in [6.45, 7) is 1.98. The van der Waals surface area contributed by atoms with Crippen LogP contribution in [0.1, 0.15) is 26.2 Å². The number of hydrogen-bond donors (Lipinski definition) is 1. The topological polar surface area (TPSA) is 20.2 Å². The number of alkyl halides is 1. The van der Waals surface area contributed by atoms with E-state index in [1.807, 2.05) is 6.92 Å². The second kappa shape index (κ2) is 1.98. The van der Waals surface area contributed by atoms with E-state index in [-0.39, 0.29) is 5.60 Å². The zero-order valence-electron chi connectivity index (χ0n) is 6.18. The number of hydrogen-bond acceptors (Lipinski definition) is 1. The van der Waals surface area contributed by atoms with E-state index in [4.69, 9.17) is 0 Å². The highest BCUT2D eigenvalue weighted by atomic mass is 79.9. The molecule has 2 heteroatoms. The standard InChI is InChI=1S/C8H13BrO/c1-8(10)4-5-2-3-6(8)7(5)9/h5-7,10H,2-4H2,1H3/t5-,6-,7-,8-/m1/s1. The van der Waals surface area contributed by atoms with Gasteiger partial charge in [-0.15, -0.1) is 0 Å². The fourth-order valence-electron chi connectivity index (χ4n) is 2.59. The molecule has 1 N–H and O–H groups in total. The molecule has 2 aliphatic rings. The fourth-order valence-corrected chi connectivity index (χ4v) is 3.88. The number of rotatable bonds is 0. The number of aliphatic hydroxyl groups is 1. The first-order valence-corrected chi connectivity index (χ1v) is 4.89. The lowest BCUT2D eigenvalue weighted by atomic mass is 9.86. The van der Waals surface area contributed by atoms with Gasteiger partial charge in [-0.2, -0.15) is 0 Å². The third kappa shape index (κ3) is 0.782. The van der Waals surface area contributed by atoms with Gasteiger partial charge in [0.1, 0.15) is 0 Å². The molecule has 0 amide bonds. The molecule has 0 radical (unpaired) electrons. The predicted octanol–water partition coefficient (Wildman–Crippen LogP) is 1.93. The summed E-state index contributed by atoms with van der Waals surface area (Å²) < 4.78 is 0. The van der Waals surface area contributed by atoms with Crippen LogP contribution >= 0.6 is 15.9 Å². The molecule has 2 saturated carbocycles. The first-order valence-electron chi connectivity index (χ1n) is 3.98. The normalized spacial score (nSPS) is 59.7. The van der Waals surface area contributed by atoms with Crippen molar-refractivity contribution in [2.75, 3.05) is 0 Å². The van der Waals surface area contributed by atoms with Gasteiger partial charge in [-0.1, -0.05) is 15.9 Å². The third-order valence-electron chi connectivity index (χ3n) is 3.16. The molecule has 0 aromatic heterocycles. The second-order valence-electron chi connectivity index (χ2n) is 3.95. The lowest BCUT2D eigenvalue weighted by Crippen LogP contribution is -2.32. The lowest BCUT2D eigenvalue weighted by Gasteiger charge is -2.27. The van der Waals surface area contributed by atoms with Crippen molar-refractivity contribution in [2.45, 2.75) is 36.6 Å². The Balaban J connectivity index is 2.24. The first kappa shape index (κ1) is 7.11. The van der Waals surface area contributed by atoms with Gasteiger partial charge in [-0.3, -0.25) is 0 Å². The average molecular weight is 205 g/mol. The molecule has 0 heterocycles. The highest BCUT2D eigenvalue weighted by molar-refractivity contribution is 9.09. The molecular formula is C8H13BrO. The van der Waals surface area contributed by atoms with Gasteiger partial charge in [-0.05, 0) is 32.1 Å². The molecule has 0 aliphatic heterocycles. The molecule has 2 fully saturated rings. The zero-order chi connectivity index (χ0) is 7.35. The molecule has 1 nitrogen and oxygen atoms in total. The van der Waals surface area contributed by atoms with E-state index in [9.17, 15) is 5.11 Å². The van der Waals surface area contributed by atoms with Crippen molar-refractivity contribution < 1.29 is 5.11 Å².